The van der Waals surface area contributed by atoms with Crippen molar-refractivity contribution >= 4 is 11.6 Å². The summed E-state index contributed by atoms with van der Waals surface area (Å²) in [4.78, 5) is 8.36. The first-order valence-electron chi connectivity index (χ1n) is 6.02. The van der Waals surface area contributed by atoms with E-state index in [1.807, 2.05) is 37.3 Å². The second kappa shape index (κ2) is 6.55. The Kier molecular flexibility index (Phi) is 4.52. The molecule has 0 saturated heterocycles. The summed E-state index contributed by atoms with van der Waals surface area (Å²) in [6.07, 6.45) is 0. The molecule has 4 N–H and O–H groups in total. The van der Waals surface area contributed by atoms with E-state index in [-0.39, 0.29) is 0 Å². The van der Waals surface area contributed by atoms with Crippen molar-refractivity contribution in [2.24, 2.45) is 5.84 Å². The number of ether oxygens (including phenoxy) is 1. The van der Waals surface area contributed by atoms with Crippen LogP contribution in [0.25, 0.3) is 0 Å². The van der Waals surface area contributed by atoms with Crippen molar-refractivity contribution in [2.75, 3.05) is 23.9 Å². The molecule has 0 saturated carbocycles. The number of para-hydroxylation sites is 1. The minimum atomic E-state index is 0.554. The highest BCUT2D eigenvalue weighted by molar-refractivity contribution is 5.46. The first-order valence-corrected chi connectivity index (χ1v) is 6.02. The van der Waals surface area contributed by atoms with Gasteiger partial charge in [-0.05, 0) is 19.1 Å². The fourth-order valence-corrected chi connectivity index (χ4v) is 1.60. The van der Waals surface area contributed by atoms with Gasteiger partial charge in [-0.3, -0.25) is 0 Å². The lowest BCUT2D eigenvalue weighted by Gasteiger charge is -2.09. The van der Waals surface area contributed by atoms with E-state index in [9.17, 15) is 0 Å². The van der Waals surface area contributed by atoms with Crippen molar-refractivity contribution in [3.8, 4) is 5.75 Å². The summed E-state index contributed by atoms with van der Waals surface area (Å²) in [7, 11) is 0. The van der Waals surface area contributed by atoms with Crippen molar-refractivity contribution in [3.63, 3.8) is 0 Å². The predicted octanol–water partition coefficient (Wildman–Crippen LogP) is 1.56. The van der Waals surface area contributed by atoms with Crippen molar-refractivity contribution < 1.29 is 4.74 Å². The van der Waals surface area contributed by atoms with Gasteiger partial charge in [-0.1, -0.05) is 18.2 Å². The third-order valence-electron chi connectivity index (χ3n) is 2.41. The zero-order valence-electron chi connectivity index (χ0n) is 10.8. The van der Waals surface area contributed by atoms with Crippen molar-refractivity contribution in [1.82, 2.24) is 9.97 Å². The lowest BCUT2D eigenvalue weighted by Crippen LogP contribution is -2.14. The number of nitrogen functional groups attached to an aromatic ring is 1. The Morgan fingerprint density at radius 2 is 1.89 bits per heavy atom. The maximum atomic E-state index is 5.57. The van der Waals surface area contributed by atoms with Crippen LogP contribution in [0.1, 0.15) is 5.82 Å². The lowest BCUT2D eigenvalue weighted by molar-refractivity contribution is 0.333. The van der Waals surface area contributed by atoms with Crippen LogP contribution in [0.4, 0.5) is 11.6 Å². The molecule has 2 rings (SSSR count). The smallest absolute Gasteiger partial charge is 0.145 e. The molecule has 0 aliphatic heterocycles. The molecule has 6 heteroatoms. The Morgan fingerprint density at radius 3 is 2.63 bits per heavy atom. The minimum Gasteiger partial charge on any atom is -0.492 e. The minimum absolute atomic E-state index is 0.554. The number of nitrogens with zero attached hydrogens (tertiary/aromatic N) is 2. The lowest BCUT2D eigenvalue weighted by atomic mass is 10.3. The van der Waals surface area contributed by atoms with Crippen molar-refractivity contribution in [2.45, 2.75) is 6.92 Å². The number of hydrogen-bond acceptors (Lipinski definition) is 6. The second-order valence-electron chi connectivity index (χ2n) is 3.92. The van der Waals surface area contributed by atoms with E-state index in [2.05, 4.69) is 20.7 Å². The van der Waals surface area contributed by atoms with Gasteiger partial charge in [0.15, 0.2) is 0 Å². The molecule has 0 unspecified atom stereocenters. The molecule has 0 amide bonds. The van der Waals surface area contributed by atoms with Crippen LogP contribution in [0.3, 0.4) is 0 Å². The fourth-order valence-electron chi connectivity index (χ4n) is 1.60. The van der Waals surface area contributed by atoms with Crippen LogP contribution in [0.2, 0.25) is 0 Å². The van der Waals surface area contributed by atoms with E-state index in [1.54, 1.807) is 6.07 Å². The van der Waals surface area contributed by atoms with E-state index in [0.29, 0.717) is 24.8 Å². The second-order valence-corrected chi connectivity index (χ2v) is 3.92. The van der Waals surface area contributed by atoms with Gasteiger partial charge in [-0.15, -0.1) is 0 Å². The maximum absolute atomic E-state index is 5.57. The molecule has 0 atom stereocenters. The molecule has 0 radical (unpaired) electrons. The number of nitrogens with one attached hydrogen (secondary N) is 2. The van der Waals surface area contributed by atoms with Crippen molar-refractivity contribution in [1.29, 1.82) is 0 Å². The SMILES string of the molecule is Cc1nc(NN)cc(NCCOc2ccccc2)n1. The van der Waals surface area contributed by atoms with Gasteiger partial charge in [0, 0.05) is 6.07 Å². The number of aromatic nitrogens is 2. The van der Waals surface area contributed by atoms with E-state index in [0.717, 1.165) is 11.6 Å². The van der Waals surface area contributed by atoms with Gasteiger partial charge in [-0.2, -0.15) is 0 Å². The highest BCUT2D eigenvalue weighted by Gasteiger charge is 2.00. The molecule has 0 aliphatic carbocycles. The van der Waals surface area contributed by atoms with Gasteiger partial charge in [0.2, 0.25) is 0 Å². The number of benzene rings is 1. The molecule has 1 aromatic carbocycles. The zero-order valence-corrected chi connectivity index (χ0v) is 10.8. The molecule has 0 fully saturated rings. The summed E-state index contributed by atoms with van der Waals surface area (Å²) in [5.41, 5.74) is 2.50. The monoisotopic (exact) mass is 259 g/mol. The standard InChI is InChI=1S/C13H17N5O/c1-10-16-12(9-13(17-10)18-14)15-7-8-19-11-5-3-2-4-6-11/h2-6,9H,7-8,14H2,1H3,(H2,15,16,17,18). The maximum Gasteiger partial charge on any atom is 0.145 e. The molecular formula is C13H17N5O. The molecule has 0 aliphatic rings. The number of rotatable bonds is 6. The number of hydrogen-bond donors (Lipinski definition) is 3. The van der Waals surface area contributed by atoms with Gasteiger partial charge >= 0.3 is 0 Å². The van der Waals surface area contributed by atoms with Gasteiger partial charge in [0.1, 0.15) is 29.8 Å². The first-order chi connectivity index (χ1) is 9.28. The molecule has 0 bridgehead atoms. The topological polar surface area (TPSA) is 85.1 Å². The average molecular weight is 259 g/mol. The summed E-state index contributed by atoms with van der Waals surface area (Å²) in [5, 5.41) is 3.16. The van der Waals surface area contributed by atoms with Crippen LogP contribution in [-0.4, -0.2) is 23.1 Å². The van der Waals surface area contributed by atoms with Crippen LogP contribution in [0.15, 0.2) is 36.4 Å². The number of aryl methyl sites for hydroxylation is 1. The van der Waals surface area contributed by atoms with E-state index >= 15 is 0 Å². The number of nitrogens with two attached hydrogens (primary N) is 1. The summed E-state index contributed by atoms with van der Waals surface area (Å²) >= 11 is 0. The van der Waals surface area contributed by atoms with Crippen LogP contribution in [0.5, 0.6) is 5.75 Å². The summed E-state index contributed by atoms with van der Waals surface area (Å²) < 4.78 is 5.57. The van der Waals surface area contributed by atoms with Crippen molar-refractivity contribution in [3.05, 3.63) is 42.2 Å². The normalized spacial score (nSPS) is 10.0. The highest BCUT2D eigenvalue weighted by atomic mass is 16.5. The third-order valence-corrected chi connectivity index (χ3v) is 2.41. The fraction of sp³-hybridized carbons (Fsp3) is 0.231. The van der Waals surface area contributed by atoms with Gasteiger partial charge in [-0.25, -0.2) is 15.8 Å². The quantitative estimate of drug-likeness (QED) is 0.415. The molecule has 1 heterocycles. The number of hydrazine groups is 1. The molecule has 0 spiro atoms. The molecule has 100 valence electrons. The van der Waals surface area contributed by atoms with E-state index in [4.69, 9.17) is 10.6 Å². The van der Waals surface area contributed by atoms with Crippen LogP contribution < -0.4 is 21.3 Å². The Morgan fingerprint density at radius 1 is 1.16 bits per heavy atom. The largest absolute Gasteiger partial charge is 0.492 e. The molecular weight excluding hydrogens is 242 g/mol. The Hall–Kier alpha value is -2.34. The third kappa shape index (κ3) is 4.11. The zero-order chi connectivity index (χ0) is 13.5. The van der Waals surface area contributed by atoms with Gasteiger partial charge in [0.05, 0.1) is 6.54 Å². The molecule has 2 aromatic rings. The van der Waals surface area contributed by atoms with Crippen LogP contribution >= 0.6 is 0 Å². The Bertz CT molecular complexity index is 518. The summed E-state index contributed by atoms with van der Waals surface area (Å²) in [6, 6.07) is 11.4. The average Bonchev–Trinajstić information content (AvgIpc) is 2.44. The highest BCUT2D eigenvalue weighted by Crippen LogP contribution is 2.10. The Balaban J connectivity index is 1.81. The van der Waals surface area contributed by atoms with E-state index in [1.165, 1.54) is 0 Å². The predicted molar refractivity (Wildman–Crippen MR) is 75.0 cm³/mol. The molecule has 1 aromatic heterocycles. The van der Waals surface area contributed by atoms with Gasteiger partial charge < -0.3 is 15.5 Å². The van der Waals surface area contributed by atoms with E-state index < -0.39 is 0 Å². The first kappa shape index (κ1) is 13.1. The summed E-state index contributed by atoms with van der Waals surface area (Å²) in [6.45, 7) is 3.01. The van der Waals surface area contributed by atoms with Crippen LogP contribution in [-0.2, 0) is 0 Å². The van der Waals surface area contributed by atoms with Gasteiger partial charge in [0.25, 0.3) is 0 Å². The molecule has 19 heavy (non-hydrogen) atoms. The number of anilines is 2. The summed E-state index contributed by atoms with van der Waals surface area (Å²) in [5.74, 6) is 8.14. The van der Waals surface area contributed by atoms with Crippen LogP contribution in [0, 0.1) is 6.92 Å². The Labute approximate surface area is 112 Å². The molecule has 6 nitrogen and oxygen atoms in total.